The summed E-state index contributed by atoms with van der Waals surface area (Å²) in [5.74, 6) is -0.233. The fraction of sp³-hybridized carbons (Fsp3) is 0.533. The van der Waals surface area contributed by atoms with Crippen molar-refractivity contribution in [3.8, 4) is 0 Å². The summed E-state index contributed by atoms with van der Waals surface area (Å²) in [7, 11) is 2.99. The number of hydrogen-bond acceptors (Lipinski definition) is 4. The van der Waals surface area contributed by atoms with Gasteiger partial charge in [0.2, 0.25) is 0 Å². The maximum absolute atomic E-state index is 12.1. The molecule has 0 fully saturated rings. The van der Waals surface area contributed by atoms with Crippen LogP contribution in [0.25, 0.3) is 0 Å². The molecule has 1 aromatic rings. The minimum atomic E-state index is -0.820. The van der Waals surface area contributed by atoms with Crippen LogP contribution in [0.5, 0.6) is 0 Å². The molecule has 1 rings (SSSR count). The van der Waals surface area contributed by atoms with Crippen LogP contribution >= 0.6 is 0 Å². The van der Waals surface area contributed by atoms with Gasteiger partial charge in [0.1, 0.15) is 5.54 Å². The largest absolute Gasteiger partial charge is 0.468 e. The molecule has 0 radical (unpaired) electrons. The third-order valence-corrected chi connectivity index (χ3v) is 3.36. The lowest BCUT2D eigenvalue weighted by atomic mass is 9.86. The van der Waals surface area contributed by atoms with Crippen molar-refractivity contribution in [1.29, 1.82) is 0 Å². The van der Waals surface area contributed by atoms with E-state index in [0.29, 0.717) is 6.54 Å². The van der Waals surface area contributed by atoms with E-state index >= 15 is 0 Å². The van der Waals surface area contributed by atoms with E-state index in [4.69, 9.17) is 9.47 Å². The topological polar surface area (TPSA) is 47.6 Å². The Morgan fingerprint density at radius 1 is 1.26 bits per heavy atom. The summed E-state index contributed by atoms with van der Waals surface area (Å²) < 4.78 is 10.2. The van der Waals surface area contributed by atoms with Crippen LogP contribution in [0.3, 0.4) is 0 Å². The van der Waals surface area contributed by atoms with Crippen LogP contribution in [0.15, 0.2) is 30.3 Å². The quantitative estimate of drug-likeness (QED) is 0.766. The zero-order valence-corrected chi connectivity index (χ0v) is 12.1. The predicted octanol–water partition coefficient (Wildman–Crippen LogP) is 1.99. The Morgan fingerprint density at radius 2 is 1.89 bits per heavy atom. The maximum atomic E-state index is 12.1. The van der Waals surface area contributed by atoms with Crippen LogP contribution in [-0.4, -0.2) is 32.3 Å². The molecule has 0 bridgehead atoms. The van der Waals surface area contributed by atoms with Gasteiger partial charge in [0.25, 0.3) is 0 Å². The van der Waals surface area contributed by atoms with E-state index in [1.807, 2.05) is 44.2 Å². The SMILES string of the molecule is COCC(NCc1ccccc1)(C(=O)OC)C(C)C. The molecular formula is C15H23NO3. The monoisotopic (exact) mass is 265 g/mol. The highest BCUT2D eigenvalue weighted by Gasteiger charge is 2.42. The van der Waals surface area contributed by atoms with Crippen LogP contribution in [0.1, 0.15) is 19.4 Å². The van der Waals surface area contributed by atoms with Gasteiger partial charge in [0, 0.05) is 13.7 Å². The van der Waals surface area contributed by atoms with Crippen LogP contribution in [-0.2, 0) is 20.8 Å². The number of rotatable bonds is 7. The summed E-state index contributed by atoms with van der Waals surface area (Å²) >= 11 is 0. The Morgan fingerprint density at radius 3 is 2.37 bits per heavy atom. The molecule has 106 valence electrons. The zero-order valence-electron chi connectivity index (χ0n) is 12.1. The summed E-state index contributed by atoms with van der Waals surface area (Å²) in [5.41, 5.74) is 0.298. The average molecular weight is 265 g/mol. The van der Waals surface area contributed by atoms with Crippen molar-refractivity contribution in [2.24, 2.45) is 5.92 Å². The maximum Gasteiger partial charge on any atom is 0.328 e. The van der Waals surface area contributed by atoms with Gasteiger partial charge in [0.05, 0.1) is 13.7 Å². The highest BCUT2D eigenvalue weighted by atomic mass is 16.5. The summed E-state index contributed by atoms with van der Waals surface area (Å²) in [5, 5.41) is 3.30. The van der Waals surface area contributed by atoms with Crippen molar-refractivity contribution in [2.45, 2.75) is 25.9 Å². The van der Waals surface area contributed by atoms with Gasteiger partial charge in [-0.3, -0.25) is 5.32 Å². The zero-order chi connectivity index (χ0) is 14.3. The van der Waals surface area contributed by atoms with Gasteiger partial charge in [-0.1, -0.05) is 44.2 Å². The molecule has 1 atom stereocenters. The minimum absolute atomic E-state index is 0.0589. The van der Waals surface area contributed by atoms with Crippen molar-refractivity contribution >= 4 is 5.97 Å². The van der Waals surface area contributed by atoms with Gasteiger partial charge >= 0.3 is 5.97 Å². The number of ether oxygens (including phenoxy) is 2. The number of hydrogen-bond donors (Lipinski definition) is 1. The smallest absolute Gasteiger partial charge is 0.328 e. The molecule has 0 aliphatic carbocycles. The molecule has 4 nitrogen and oxygen atoms in total. The fourth-order valence-electron chi connectivity index (χ4n) is 2.05. The molecule has 1 unspecified atom stereocenters. The second-order valence-corrected chi connectivity index (χ2v) is 4.89. The molecule has 0 spiro atoms. The minimum Gasteiger partial charge on any atom is -0.468 e. The number of carbonyl (C=O) groups excluding carboxylic acids is 1. The Kier molecular flexibility index (Phi) is 5.99. The Labute approximate surface area is 115 Å². The molecule has 0 saturated carbocycles. The fourth-order valence-corrected chi connectivity index (χ4v) is 2.05. The van der Waals surface area contributed by atoms with Gasteiger partial charge in [-0.2, -0.15) is 0 Å². The van der Waals surface area contributed by atoms with Crippen molar-refractivity contribution in [2.75, 3.05) is 20.8 Å². The van der Waals surface area contributed by atoms with Crippen molar-refractivity contribution < 1.29 is 14.3 Å². The lowest BCUT2D eigenvalue weighted by Gasteiger charge is -2.35. The van der Waals surface area contributed by atoms with Crippen LogP contribution < -0.4 is 5.32 Å². The molecule has 0 heterocycles. The molecule has 0 aromatic heterocycles. The van der Waals surface area contributed by atoms with E-state index in [2.05, 4.69) is 5.32 Å². The first kappa shape index (κ1) is 15.7. The van der Waals surface area contributed by atoms with Gasteiger partial charge in [-0.05, 0) is 11.5 Å². The Balaban J connectivity index is 2.87. The van der Waals surface area contributed by atoms with Crippen molar-refractivity contribution in [3.63, 3.8) is 0 Å². The summed E-state index contributed by atoms with van der Waals surface area (Å²) in [6, 6.07) is 9.95. The van der Waals surface area contributed by atoms with Crippen LogP contribution in [0.4, 0.5) is 0 Å². The molecule has 0 amide bonds. The van der Waals surface area contributed by atoms with Crippen molar-refractivity contribution in [1.82, 2.24) is 5.32 Å². The number of nitrogens with one attached hydrogen (secondary N) is 1. The van der Waals surface area contributed by atoms with Gasteiger partial charge < -0.3 is 9.47 Å². The average Bonchev–Trinajstić information content (AvgIpc) is 2.43. The first-order valence-corrected chi connectivity index (χ1v) is 6.43. The molecule has 0 saturated heterocycles. The summed E-state index contributed by atoms with van der Waals surface area (Å²) in [6.07, 6.45) is 0. The molecule has 19 heavy (non-hydrogen) atoms. The first-order valence-electron chi connectivity index (χ1n) is 6.43. The Bertz CT molecular complexity index is 392. The van der Waals surface area contributed by atoms with E-state index in [-0.39, 0.29) is 18.5 Å². The number of carbonyl (C=O) groups is 1. The van der Waals surface area contributed by atoms with Gasteiger partial charge in [0.15, 0.2) is 0 Å². The van der Waals surface area contributed by atoms with Gasteiger partial charge in [-0.15, -0.1) is 0 Å². The highest BCUT2D eigenvalue weighted by molar-refractivity contribution is 5.81. The second kappa shape index (κ2) is 7.26. The number of benzene rings is 1. The third-order valence-electron chi connectivity index (χ3n) is 3.36. The second-order valence-electron chi connectivity index (χ2n) is 4.89. The lowest BCUT2D eigenvalue weighted by Crippen LogP contribution is -2.59. The molecule has 4 heteroatoms. The first-order chi connectivity index (χ1) is 9.06. The van der Waals surface area contributed by atoms with E-state index in [9.17, 15) is 4.79 Å². The van der Waals surface area contributed by atoms with Crippen LogP contribution in [0.2, 0.25) is 0 Å². The highest BCUT2D eigenvalue weighted by Crippen LogP contribution is 2.20. The summed E-state index contributed by atoms with van der Waals surface area (Å²) in [4.78, 5) is 12.1. The molecule has 0 aliphatic heterocycles. The Hall–Kier alpha value is -1.39. The van der Waals surface area contributed by atoms with E-state index in [1.165, 1.54) is 7.11 Å². The van der Waals surface area contributed by atoms with E-state index in [0.717, 1.165) is 5.56 Å². The number of methoxy groups -OCH3 is 2. The van der Waals surface area contributed by atoms with Gasteiger partial charge in [-0.25, -0.2) is 4.79 Å². The molecule has 1 N–H and O–H groups in total. The third kappa shape index (κ3) is 3.78. The van der Waals surface area contributed by atoms with E-state index < -0.39 is 5.54 Å². The molecular weight excluding hydrogens is 242 g/mol. The van der Waals surface area contributed by atoms with Crippen LogP contribution in [0, 0.1) is 5.92 Å². The molecule has 0 aliphatic rings. The van der Waals surface area contributed by atoms with E-state index in [1.54, 1.807) is 7.11 Å². The normalized spacial score (nSPS) is 14.2. The summed E-state index contributed by atoms with van der Waals surface area (Å²) in [6.45, 7) is 4.84. The lowest BCUT2D eigenvalue weighted by molar-refractivity contribution is -0.153. The van der Waals surface area contributed by atoms with Crippen molar-refractivity contribution in [3.05, 3.63) is 35.9 Å². The predicted molar refractivity (Wildman–Crippen MR) is 74.7 cm³/mol. The number of esters is 1. The standard InChI is InChI=1S/C15H23NO3/c1-12(2)15(11-18-3,14(17)19-4)16-10-13-8-6-5-7-9-13/h5-9,12,16H,10-11H2,1-4H3. The molecule has 1 aromatic carbocycles.